The Morgan fingerprint density at radius 3 is 3.15 bits per heavy atom. The summed E-state index contributed by atoms with van der Waals surface area (Å²) in [6, 6.07) is 4.00. The molecule has 0 fully saturated rings. The highest BCUT2D eigenvalue weighted by atomic mass is 15.3. The number of aromatic nitrogens is 5. The molecule has 0 aliphatic carbocycles. The molecule has 100 valence electrons. The molecule has 3 N–H and O–H groups in total. The Kier molecular flexibility index (Phi) is 2.84. The third kappa shape index (κ3) is 1.87. The van der Waals surface area contributed by atoms with Crippen LogP contribution in [0.15, 0.2) is 24.8 Å². The topological polar surface area (TPSA) is 109 Å². The van der Waals surface area contributed by atoms with Crippen molar-refractivity contribution >= 4 is 16.9 Å². The predicted molar refractivity (Wildman–Crippen MR) is 74.5 cm³/mol. The Labute approximate surface area is 115 Å². The molecule has 1 atom stereocenters. The molecule has 7 heteroatoms. The fraction of sp³-hybridized carbons (Fsp3) is 0.231. The van der Waals surface area contributed by atoms with Crippen molar-refractivity contribution in [2.75, 3.05) is 5.73 Å². The molecule has 3 aromatic heterocycles. The number of aromatic amines is 1. The van der Waals surface area contributed by atoms with E-state index in [-0.39, 0.29) is 6.04 Å². The molecule has 0 amide bonds. The lowest BCUT2D eigenvalue weighted by atomic mass is 10.1. The number of hydrogen-bond donors (Lipinski definition) is 2. The second-order valence-electron chi connectivity index (χ2n) is 4.58. The van der Waals surface area contributed by atoms with Crippen LogP contribution in [0.3, 0.4) is 0 Å². The van der Waals surface area contributed by atoms with E-state index in [9.17, 15) is 0 Å². The first-order valence-corrected chi connectivity index (χ1v) is 6.20. The van der Waals surface area contributed by atoms with Gasteiger partial charge in [-0.2, -0.15) is 10.4 Å². The van der Waals surface area contributed by atoms with E-state index in [4.69, 9.17) is 11.0 Å². The number of nitrogens with one attached hydrogen (secondary N) is 1. The molecule has 0 bridgehead atoms. The van der Waals surface area contributed by atoms with Crippen LogP contribution in [0, 0.1) is 11.3 Å². The summed E-state index contributed by atoms with van der Waals surface area (Å²) < 4.78 is 1.70. The predicted octanol–water partition coefficient (Wildman–Crippen LogP) is 1.88. The van der Waals surface area contributed by atoms with Gasteiger partial charge >= 0.3 is 0 Å². The van der Waals surface area contributed by atoms with E-state index in [1.54, 1.807) is 4.68 Å². The fourth-order valence-electron chi connectivity index (χ4n) is 2.13. The molecule has 0 aliphatic heterocycles. The number of H-pyrrole nitrogens is 1. The zero-order valence-corrected chi connectivity index (χ0v) is 10.9. The molecule has 0 radical (unpaired) electrons. The maximum absolute atomic E-state index is 8.76. The third-order valence-corrected chi connectivity index (χ3v) is 3.21. The number of hydrogen-bond acceptors (Lipinski definition) is 5. The van der Waals surface area contributed by atoms with Crippen molar-refractivity contribution in [1.82, 2.24) is 24.7 Å². The first-order chi connectivity index (χ1) is 9.70. The molecular weight excluding hydrogens is 254 g/mol. The SMILES string of the molecule is C[C@H](CC#N)n1cc(-c2ncnc3[nH]ccc23)c(N)n1. The largest absolute Gasteiger partial charge is 0.382 e. The Balaban J connectivity index is 2.11. The van der Waals surface area contributed by atoms with Gasteiger partial charge < -0.3 is 10.7 Å². The van der Waals surface area contributed by atoms with Crippen LogP contribution in [0.25, 0.3) is 22.3 Å². The highest BCUT2D eigenvalue weighted by Crippen LogP contribution is 2.29. The number of nitrogen functional groups attached to an aromatic ring is 1. The van der Waals surface area contributed by atoms with Gasteiger partial charge in [0.05, 0.1) is 29.8 Å². The number of nitrogens with zero attached hydrogens (tertiary/aromatic N) is 5. The summed E-state index contributed by atoms with van der Waals surface area (Å²) in [4.78, 5) is 11.5. The molecule has 0 saturated heterocycles. The van der Waals surface area contributed by atoms with Crippen molar-refractivity contribution in [2.24, 2.45) is 0 Å². The third-order valence-electron chi connectivity index (χ3n) is 3.21. The number of fused-ring (bicyclic) bond motifs is 1. The van der Waals surface area contributed by atoms with Gasteiger partial charge in [0.1, 0.15) is 12.0 Å². The van der Waals surface area contributed by atoms with E-state index in [1.807, 2.05) is 25.4 Å². The lowest BCUT2D eigenvalue weighted by molar-refractivity contribution is 0.502. The summed E-state index contributed by atoms with van der Waals surface area (Å²) in [6.45, 7) is 1.92. The monoisotopic (exact) mass is 267 g/mol. The van der Waals surface area contributed by atoms with Gasteiger partial charge in [-0.25, -0.2) is 9.97 Å². The van der Waals surface area contributed by atoms with Crippen LogP contribution < -0.4 is 5.73 Å². The fourth-order valence-corrected chi connectivity index (χ4v) is 2.13. The molecular formula is C13H13N7. The lowest BCUT2D eigenvalue weighted by Gasteiger charge is -2.06. The molecule has 0 aliphatic rings. The van der Waals surface area contributed by atoms with E-state index < -0.39 is 0 Å². The number of nitriles is 1. The van der Waals surface area contributed by atoms with Crippen LogP contribution in [0.4, 0.5) is 5.82 Å². The van der Waals surface area contributed by atoms with Crippen LogP contribution in [0.5, 0.6) is 0 Å². The minimum atomic E-state index is -0.0281. The average molecular weight is 267 g/mol. The first-order valence-electron chi connectivity index (χ1n) is 6.20. The van der Waals surface area contributed by atoms with Crippen molar-refractivity contribution in [3.8, 4) is 17.3 Å². The summed E-state index contributed by atoms with van der Waals surface area (Å²) in [7, 11) is 0. The molecule has 0 unspecified atom stereocenters. The molecule has 3 rings (SSSR count). The van der Waals surface area contributed by atoms with E-state index >= 15 is 0 Å². The average Bonchev–Trinajstić information content (AvgIpc) is 3.04. The lowest BCUT2D eigenvalue weighted by Crippen LogP contribution is -2.05. The molecule has 3 heterocycles. The van der Waals surface area contributed by atoms with Gasteiger partial charge in [-0.1, -0.05) is 0 Å². The Hall–Kier alpha value is -2.88. The minimum absolute atomic E-state index is 0.0281. The van der Waals surface area contributed by atoms with Crippen LogP contribution >= 0.6 is 0 Å². The zero-order valence-electron chi connectivity index (χ0n) is 10.9. The van der Waals surface area contributed by atoms with Crippen LogP contribution in [-0.2, 0) is 0 Å². The smallest absolute Gasteiger partial charge is 0.154 e. The molecule has 0 aromatic carbocycles. The minimum Gasteiger partial charge on any atom is -0.382 e. The van der Waals surface area contributed by atoms with Crippen molar-refractivity contribution < 1.29 is 0 Å². The Bertz CT molecular complexity index is 793. The summed E-state index contributed by atoms with van der Waals surface area (Å²) in [5, 5.41) is 13.9. The highest BCUT2D eigenvalue weighted by Gasteiger charge is 2.16. The summed E-state index contributed by atoms with van der Waals surface area (Å²) >= 11 is 0. The van der Waals surface area contributed by atoms with Crippen LogP contribution in [-0.4, -0.2) is 24.7 Å². The summed E-state index contributed by atoms with van der Waals surface area (Å²) in [5.41, 5.74) is 8.23. The highest BCUT2D eigenvalue weighted by molar-refractivity contribution is 5.92. The van der Waals surface area contributed by atoms with Crippen molar-refractivity contribution in [1.29, 1.82) is 5.26 Å². The molecule has 20 heavy (non-hydrogen) atoms. The van der Waals surface area contributed by atoms with E-state index in [2.05, 4.69) is 26.1 Å². The van der Waals surface area contributed by atoms with Gasteiger partial charge in [-0.3, -0.25) is 4.68 Å². The van der Waals surface area contributed by atoms with Crippen LogP contribution in [0.1, 0.15) is 19.4 Å². The number of rotatable bonds is 3. The number of anilines is 1. The molecule has 0 saturated carbocycles. The van der Waals surface area contributed by atoms with Gasteiger partial charge in [0.2, 0.25) is 0 Å². The Morgan fingerprint density at radius 1 is 1.50 bits per heavy atom. The summed E-state index contributed by atoms with van der Waals surface area (Å²) in [6.07, 6.45) is 5.50. The molecule has 3 aromatic rings. The second kappa shape index (κ2) is 4.66. The zero-order chi connectivity index (χ0) is 14.1. The van der Waals surface area contributed by atoms with Gasteiger partial charge in [0.25, 0.3) is 0 Å². The van der Waals surface area contributed by atoms with Gasteiger partial charge in [-0.05, 0) is 13.0 Å². The first kappa shape index (κ1) is 12.2. The maximum atomic E-state index is 8.76. The van der Waals surface area contributed by atoms with Gasteiger partial charge in [0.15, 0.2) is 5.82 Å². The number of nitrogens with two attached hydrogens (primary N) is 1. The Morgan fingerprint density at radius 2 is 2.35 bits per heavy atom. The van der Waals surface area contributed by atoms with E-state index in [1.165, 1.54) is 6.33 Å². The van der Waals surface area contributed by atoms with E-state index in [0.717, 1.165) is 22.3 Å². The van der Waals surface area contributed by atoms with E-state index in [0.29, 0.717) is 12.2 Å². The van der Waals surface area contributed by atoms with Crippen molar-refractivity contribution in [2.45, 2.75) is 19.4 Å². The van der Waals surface area contributed by atoms with Gasteiger partial charge in [0, 0.05) is 17.8 Å². The quantitative estimate of drug-likeness (QED) is 0.752. The summed E-state index contributed by atoms with van der Waals surface area (Å²) in [5.74, 6) is 0.399. The standard InChI is InChI=1S/C13H13N7/c1-8(2-4-14)20-6-10(12(15)19-20)11-9-3-5-16-13(9)18-7-17-11/h3,5-8H,2H2,1H3,(H2,15,19)(H,16,17,18)/t8-/m1/s1. The van der Waals surface area contributed by atoms with Gasteiger partial charge in [-0.15, -0.1) is 0 Å². The van der Waals surface area contributed by atoms with Crippen LogP contribution in [0.2, 0.25) is 0 Å². The van der Waals surface area contributed by atoms with Crippen molar-refractivity contribution in [3.05, 3.63) is 24.8 Å². The second-order valence-corrected chi connectivity index (χ2v) is 4.58. The normalized spacial score (nSPS) is 12.4. The maximum Gasteiger partial charge on any atom is 0.154 e. The molecule has 7 nitrogen and oxygen atoms in total. The molecule has 0 spiro atoms. The van der Waals surface area contributed by atoms with Crippen molar-refractivity contribution in [3.63, 3.8) is 0 Å².